The second kappa shape index (κ2) is 3.45. The number of esters is 1. The molecule has 1 aliphatic heterocycles. The molecule has 1 aromatic heterocycles. The van der Waals surface area contributed by atoms with Gasteiger partial charge in [-0.1, -0.05) is 13.0 Å². The lowest BCUT2D eigenvalue weighted by Gasteiger charge is -2.04. The van der Waals surface area contributed by atoms with Gasteiger partial charge in [-0.05, 0) is 13.3 Å². The zero-order chi connectivity index (χ0) is 12.2. The summed E-state index contributed by atoms with van der Waals surface area (Å²) in [7, 11) is 1.45. The van der Waals surface area contributed by atoms with Crippen LogP contribution in [0.3, 0.4) is 0 Å². The number of hydrogen-bond acceptors (Lipinski definition) is 3. The maximum Gasteiger partial charge on any atom is 0.309 e. The fourth-order valence-electron chi connectivity index (χ4n) is 2.69. The first-order valence-electron chi connectivity index (χ1n) is 5.97. The molecule has 3 atom stereocenters. The molecule has 0 spiro atoms. The van der Waals surface area contributed by atoms with Crippen LogP contribution in [0.15, 0.2) is 12.3 Å². The molecule has 1 aromatic rings. The van der Waals surface area contributed by atoms with Gasteiger partial charge in [-0.2, -0.15) is 0 Å². The number of aromatic nitrogens is 2. The molecule has 2 heterocycles. The Morgan fingerprint density at radius 3 is 3.06 bits per heavy atom. The molecule has 4 nitrogen and oxygen atoms in total. The number of ether oxygens (including phenoxy) is 1. The summed E-state index contributed by atoms with van der Waals surface area (Å²) in [5, 5.41) is 0. The van der Waals surface area contributed by atoms with E-state index in [0.29, 0.717) is 11.8 Å². The number of nitrogens with zero attached hydrogens (tertiary/aromatic N) is 2. The highest BCUT2D eigenvalue weighted by Crippen LogP contribution is 2.50. The smallest absolute Gasteiger partial charge is 0.309 e. The molecule has 4 heteroatoms. The van der Waals surface area contributed by atoms with E-state index in [4.69, 9.17) is 4.74 Å². The van der Waals surface area contributed by atoms with Crippen LogP contribution in [0.5, 0.6) is 0 Å². The van der Waals surface area contributed by atoms with E-state index >= 15 is 0 Å². The zero-order valence-electron chi connectivity index (χ0n) is 10.3. The lowest BCUT2D eigenvalue weighted by Crippen LogP contribution is -2.06. The minimum atomic E-state index is -0.0890. The first-order chi connectivity index (χ1) is 8.11. The second-order valence-corrected chi connectivity index (χ2v) is 4.96. The highest BCUT2D eigenvalue weighted by Gasteiger charge is 2.48. The van der Waals surface area contributed by atoms with Gasteiger partial charge in [0.1, 0.15) is 5.82 Å². The van der Waals surface area contributed by atoms with Gasteiger partial charge in [0.15, 0.2) is 0 Å². The number of carbonyl (C=O) groups is 1. The number of rotatable bonds is 2. The molecular weight excluding hydrogens is 216 g/mol. The van der Waals surface area contributed by atoms with Crippen LogP contribution in [0.4, 0.5) is 0 Å². The molecule has 2 aliphatic rings. The van der Waals surface area contributed by atoms with Crippen LogP contribution >= 0.6 is 0 Å². The summed E-state index contributed by atoms with van der Waals surface area (Å²) in [6.45, 7) is 4.14. The largest absolute Gasteiger partial charge is 0.469 e. The predicted octanol–water partition coefficient (Wildman–Crippen LogP) is 1.96. The van der Waals surface area contributed by atoms with Gasteiger partial charge in [0.05, 0.1) is 18.7 Å². The van der Waals surface area contributed by atoms with Crippen molar-refractivity contribution in [2.45, 2.75) is 26.2 Å². The van der Waals surface area contributed by atoms with Gasteiger partial charge in [-0.15, -0.1) is 0 Å². The standard InChI is InChI=1S/C13H16N2O2/c1-7-4-11(9-5-10(9)13(16)17-3)15-6-8(2)14-12(7)15/h4,6-7,9-10H,5H2,1-3H3. The molecular formula is C13H16N2O2. The Morgan fingerprint density at radius 2 is 2.35 bits per heavy atom. The van der Waals surface area contributed by atoms with Crippen LogP contribution in [-0.2, 0) is 9.53 Å². The van der Waals surface area contributed by atoms with E-state index in [1.165, 1.54) is 12.8 Å². The van der Waals surface area contributed by atoms with Gasteiger partial charge in [-0.3, -0.25) is 4.79 Å². The maximum absolute atomic E-state index is 11.5. The third-order valence-electron chi connectivity index (χ3n) is 3.63. The van der Waals surface area contributed by atoms with Gasteiger partial charge in [0, 0.05) is 23.7 Å². The van der Waals surface area contributed by atoms with Crippen LogP contribution in [0.25, 0.3) is 5.70 Å². The lowest BCUT2D eigenvalue weighted by atomic mass is 10.1. The van der Waals surface area contributed by atoms with Crippen molar-refractivity contribution in [3.8, 4) is 0 Å². The maximum atomic E-state index is 11.5. The van der Waals surface area contributed by atoms with Gasteiger partial charge in [0.25, 0.3) is 0 Å². The minimum absolute atomic E-state index is 0.0482. The summed E-state index contributed by atoms with van der Waals surface area (Å²) in [6, 6.07) is 0. The number of carbonyl (C=O) groups excluding carboxylic acids is 1. The number of hydrogen-bond donors (Lipinski definition) is 0. The third kappa shape index (κ3) is 1.51. The molecule has 1 fully saturated rings. The Kier molecular flexibility index (Phi) is 2.15. The second-order valence-electron chi connectivity index (χ2n) is 4.96. The third-order valence-corrected chi connectivity index (χ3v) is 3.63. The summed E-state index contributed by atoms with van der Waals surface area (Å²) in [5.74, 6) is 1.71. The molecule has 0 N–H and O–H groups in total. The van der Waals surface area contributed by atoms with Crippen molar-refractivity contribution < 1.29 is 9.53 Å². The summed E-state index contributed by atoms with van der Waals surface area (Å²) in [6.07, 6.45) is 5.18. The molecule has 0 radical (unpaired) electrons. The summed E-state index contributed by atoms with van der Waals surface area (Å²) in [5.41, 5.74) is 2.26. The monoisotopic (exact) mass is 232 g/mol. The van der Waals surface area contributed by atoms with E-state index < -0.39 is 0 Å². The number of methoxy groups -OCH3 is 1. The summed E-state index contributed by atoms with van der Waals surface area (Å²) in [4.78, 5) is 16.0. The molecule has 1 aliphatic carbocycles. The fraction of sp³-hybridized carbons (Fsp3) is 0.538. The van der Waals surface area contributed by atoms with E-state index in [1.807, 2.05) is 6.92 Å². The van der Waals surface area contributed by atoms with Crippen molar-refractivity contribution >= 4 is 11.7 Å². The normalized spacial score (nSPS) is 29.8. The Bertz CT molecular complexity index is 515. The van der Waals surface area contributed by atoms with Crippen molar-refractivity contribution in [1.29, 1.82) is 0 Å². The van der Waals surface area contributed by atoms with E-state index in [0.717, 1.165) is 17.9 Å². The SMILES string of the molecule is COC(=O)C1CC1C1=CC(C)c2nc(C)cn21. The molecule has 3 rings (SSSR count). The number of aryl methyl sites for hydroxylation is 1. The van der Waals surface area contributed by atoms with Crippen LogP contribution in [0.1, 0.15) is 30.8 Å². The first kappa shape index (κ1) is 10.6. The van der Waals surface area contributed by atoms with Crippen molar-refractivity contribution in [2.75, 3.05) is 7.11 Å². The van der Waals surface area contributed by atoms with Crippen LogP contribution in [0.2, 0.25) is 0 Å². The average molecular weight is 232 g/mol. The van der Waals surface area contributed by atoms with Crippen LogP contribution in [-0.4, -0.2) is 22.6 Å². The van der Waals surface area contributed by atoms with E-state index in [9.17, 15) is 4.79 Å². The lowest BCUT2D eigenvalue weighted by molar-refractivity contribution is -0.142. The van der Waals surface area contributed by atoms with Crippen LogP contribution in [0, 0.1) is 18.8 Å². The zero-order valence-corrected chi connectivity index (χ0v) is 10.3. The molecule has 1 saturated carbocycles. The molecule has 90 valence electrons. The fourth-order valence-corrected chi connectivity index (χ4v) is 2.69. The highest BCUT2D eigenvalue weighted by atomic mass is 16.5. The molecule has 0 aromatic carbocycles. The van der Waals surface area contributed by atoms with Gasteiger partial charge < -0.3 is 9.30 Å². The Hall–Kier alpha value is -1.58. The van der Waals surface area contributed by atoms with E-state index in [2.05, 4.69) is 28.7 Å². The topological polar surface area (TPSA) is 44.1 Å². The quantitative estimate of drug-likeness (QED) is 0.732. The molecule has 0 bridgehead atoms. The van der Waals surface area contributed by atoms with Crippen molar-refractivity contribution in [3.05, 3.63) is 23.8 Å². The van der Waals surface area contributed by atoms with E-state index in [-0.39, 0.29) is 11.9 Å². The van der Waals surface area contributed by atoms with Gasteiger partial charge in [-0.25, -0.2) is 4.98 Å². The minimum Gasteiger partial charge on any atom is -0.469 e. The Morgan fingerprint density at radius 1 is 1.59 bits per heavy atom. The predicted molar refractivity (Wildman–Crippen MR) is 63.3 cm³/mol. The van der Waals surface area contributed by atoms with E-state index in [1.54, 1.807) is 0 Å². The van der Waals surface area contributed by atoms with Crippen LogP contribution < -0.4 is 0 Å². The highest BCUT2D eigenvalue weighted by molar-refractivity contribution is 5.80. The Balaban J connectivity index is 1.87. The molecule has 0 amide bonds. The van der Waals surface area contributed by atoms with Crippen molar-refractivity contribution in [3.63, 3.8) is 0 Å². The Labute approximate surface area is 100 Å². The molecule has 0 saturated heterocycles. The summed E-state index contributed by atoms with van der Waals surface area (Å²) >= 11 is 0. The number of fused-ring (bicyclic) bond motifs is 1. The first-order valence-corrected chi connectivity index (χ1v) is 5.97. The average Bonchev–Trinajstić information content (AvgIpc) is 2.92. The number of allylic oxidation sites excluding steroid dienone is 2. The van der Waals surface area contributed by atoms with Crippen molar-refractivity contribution in [2.24, 2.45) is 11.8 Å². The molecule has 3 unspecified atom stereocenters. The van der Waals surface area contributed by atoms with Gasteiger partial charge >= 0.3 is 5.97 Å². The number of imidazole rings is 1. The van der Waals surface area contributed by atoms with Crippen molar-refractivity contribution in [1.82, 2.24) is 9.55 Å². The molecule has 17 heavy (non-hydrogen) atoms. The van der Waals surface area contributed by atoms with Gasteiger partial charge in [0.2, 0.25) is 0 Å². The summed E-state index contributed by atoms with van der Waals surface area (Å²) < 4.78 is 6.94.